The summed E-state index contributed by atoms with van der Waals surface area (Å²) in [6.45, 7) is -1.75. The maximum Gasteiger partial charge on any atom is 0.335 e. The third kappa shape index (κ3) is 7.59. The van der Waals surface area contributed by atoms with Crippen molar-refractivity contribution < 1.29 is 104 Å². The van der Waals surface area contributed by atoms with Crippen LogP contribution in [0.15, 0.2) is 0 Å². The van der Waals surface area contributed by atoms with Crippen LogP contribution in [0.4, 0.5) is 0 Å². The molecule has 23 heteroatoms. The summed E-state index contributed by atoms with van der Waals surface area (Å²) in [4.78, 5) is 24.0. The predicted molar refractivity (Wildman–Crippen MR) is 144 cm³/mol. The summed E-state index contributed by atoms with van der Waals surface area (Å²) in [5.74, 6) is -3.39. The van der Waals surface area contributed by atoms with Crippen LogP contribution in [0.25, 0.3) is 0 Å². The van der Waals surface area contributed by atoms with E-state index in [0.29, 0.717) is 0 Å². The maximum absolute atomic E-state index is 12.1. The van der Waals surface area contributed by atoms with E-state index in [4.69, 9.17) is 49.4 Å². The maximum atomic E-state index is 12.1. The minimum Gasteiger partial charge on any atom is -0.479 e. The first-order valence-electron chi connectivity index (χ1n) is 14.6. The number of nitrogens with two attached hydrogens (primary N) is 2. The van der Waals surface area contributed by atoms with Crippen molar-refractivity contribution in [2.45, 2.75) is 123 Å². The number of rotatable bonds is 11. The molecule has 0 saturated carbocycles. The van der Waals surface area contributed by atoms with Gasteiger partial charge in [0.05, 0.1) is 25.3 Å². The topological polar surface area (TPSA) is 383 Å². The van der Waals surface area contributed by atoms with E-state index in [-0.39, 0.29) is 0 Å². The first-order chi connectivity index (χ1) is 22.6. The molecule has 0 spiro atoms. The average Bonchev–Trinajstić information content (AvgIpc) is 3.05. The standard InChI is InChI=1S/C25H42N2O21/c1-41-24-13(35)11(33)16(18(47-24)20(37)38)46-23-7(27)10(32)15(5(3-29)43-23)44-25-14(36)12(34)17(19(48-25)21(39)40)45-22-6(26)9(31)8(30)4(2-28)42-22/h4-19,22-25,28-36H,2-3,26-27H2,1H3,(H,37,38)(H,39,40)/t4-,5-,6-,7-,8-,9-,10-,11-,12-,13-,14-,15-,16+,17+,18+,19+,22-,23-,24-,25-/m1/s1. The number of hydrogen-bond donors (Lipinski definition) is 13. The summed E-state index contributed by atoms with van der Waals surface area (Å²) in [5.41, 5.74) is 11.9. The van der Waals surface area contributed by atoms with Gasteiger partial charge in [-0.05, 0) is 0 Å². The summed E-state index contributed by atoms with van der Waals surface area (Å²) in [5, 5.41) is 113. The minimum atomic E-state index is -2.14. The molecular weight excluding hydrogens is 664 g/mol. The van der Waals surface area contributed by atoms with Crippen LogP contribution in [0, 0.1) is 0 Å². The number of carboxylic acid groups (broad SMARTS) is 2. The number of ether oxygens (including phenoxy) is 8. The lowest BCUT2D eigenvalue weighted by molar-refractivity contribution is -0.369. The Morgan fingerprint density at radius 1 is 0.542 bits per heavy atom. The van der Waals surface area contributed by atoms with Crippen LogP contribution in [-0.2, 0) is 47.5 Å². The Morgan fingerprint density at radius 3 is 1.42 bits per heavy atom. The Labute approximate surface area is 270 Å². The van der Waals surface area contributed by atoms with Crippen molar-refractivity contribution in [3.8, 4) is 0 Å². The number of methoxy groups -OCH3 is 1. The van der Waals surface area contributed by atoms with E-state index in [1.54, 1.807) is 0 Å². The molecule has 0 unspecified atom stereocenters. The van der Waals surface area contributed by atoms with Crippen LogP contribution < -0.4 is 11.5 Å². The Bertz CT molecular complexity index is 1090. The molecule has 0 radical (unpaired) electrons. The van der Waals surface area contributed by atoms with Crippen LogP contribution in [0.1, 0.15) is 0 Å². The second kappa shape index (κ2) is 16.0. The van der Waals surface area contributed by atoms with Crippen LogP contribution in [0.3, 0.4) is 0 Å². The highest BCUT2D eigenvalue weighted by atomic mass is 16.8. The molecule has 23 nitrogen and oxygen atoms in total. The van der Waals surface area contributed by atoms with E-state index >= 15 is 0 Å². The number of aliphatic carboxylic acids is 2. The first-order valence-corrected chi connectivity index (χ1v) is 14.6. The Kier molecular flexibility index (Phi) is 13.0. The molecule has 20 atom stereocenters. The SMILES string of the molecule is CO[C@@H]1O[C@H](C(=O)O)[C@@H](O[C@H]2O[C@H](CO)[C@@H](O[C@@H]3O[C@H](C(=O)O)[C@@H](O[C@H]4O[C@H](CO)[C@@H](O)[C@H](O)[C@H]4N)[C@H](O)[C@H]3O)[C@H](O)[C@H]2N)[C@H](O)[C@H]1O. The Hall–Kier alpha value is -1.82. The highest BCUT2D eigenvalue weighted by Crippen LogP contribution is 2.34. The molecule has 0 aromatic heterocycles. The summed E-state index contributed by atoms with van der Waals surface area (Å²) in [6, 6.07) is -3.16. The molecule has 0 aliphatic carbocycles. The van der Waals surface area contributed by atoms with Gasteiger partial charge in [-0.15, -0.1) is 0 Å². The van der Waals surface area contributed by atoms with E-state index in [0.717, 1.165) is 7.11 Å². The van der Waals surface area contributed by atoms with Gasteiger partial charge >= 0.3 is 11.9 Å². The molecule has 4 heterocycles. The summed E-state index contributed by atoms with van der Waals surface area (Å²) in [7, 11) is 1.09. The fourth-order valence-corrected chi connectivity index (χ4v) is 5.75. The summed E-state index contributed by atoms with van der Waals surface area (Å²) < 4.78 is 42.7. The van der Waals surface area contributed by atoms with Crippen molar-refractivity contribution in [1.29, 1.82) is 0 Å². The van der Waals surface area contributed by atoms with Crippen LogP contribution in [-0.4, -0.2) is 211 Å². The molecule has 4 aliphatic heterocycles. The third-order valence-electron chi connectivity index (χ3n) is 8.51. The van der Waals surface area contributed by atoms with Gasteiger partial charge in [-0.2, -0.15) is 0 Å². The zero-order chi connectivity index (χ0) is 35.8. The van der Waals surface area contributed by atoms with Gasteiger partial charge in [-0.3, -0.25) is 0 Å². The molecule has 48 heavy (non-hydrogen) atoms. The van der Waals surface area contributed by atoms with Gasteiger partial charge in [0.25, 0.3) is 0 Å². The lowest BCUT2D eigenvalue weighted by Crippen LogP contribution is -2.69. The van der Waals surface area contributed by atoms with Crippen LogP contribution in [0.5, 0.6) is 0 Å². The van der Waals surface area contributed by atoms with Crippen molar-refractivity contribution in [2.75, 3.05) is 20.3 Å². The first kappa shape index (κ1) is 39.0. The molecule has 15 N–H and O–H groups in total. The van der Waals surface area contributed by atoms with Gasteiger partial charge in [-0.25, -0.2) is 9.59 Å². The Balaban J connectivity index is 1.47. The highest BCUT2D eigenvalue weighted by Gasteiger charge is 2.56. The molecule has 4 rings (SSSR count). The third-order valence-corrected chi connectivity index (χ3v) is 8.51. The van der Waals surface area contributed by atoms with E-state index < -0.39 is 148 Å². The zero-order valence-corrected chi connectivity index (χ0v) is 25.1. The van der Waals surface area contributed by atoms with E-state index in [2.05, 4.69) is 0 Å². The van der Waals surface area contributed by atoms with Crippen molar-refractivity contribution in [3.63, 3.8) is 0 Å². The van der Waals surface area contributed by atoms with Gasteiger partial charge in [0.15, 0.2) is 37.4 Å². The molecule has 0 amide bonds. The quantitative estimate of drug-likeness (QED) is 0.0948. The predicted octanol–water partition coefficient (Wildman–Crippen LogP) is -8.98. The number of hydrogen-bond acceptors (Lipinski definition) is 21. The normalized spacial score (nSPS) is 50.2. The number of carbonyl (C=O) groups is 2. The minimum absolute atomic E-state index is 0.799. The highest BCUT2D eigenvalue weighted by molar-refractivity contribution is 5.74. The van der Waals surface area contributed by atoms with Crippen LogP contribution in [0.2, 0.25) is 0 Å². The number of aliphatic hydroxyl groups is 9. The lowest BCUT2D eigenvalue weighted by Gasteiger charge is -2.48. The second-order valence-corrected chi connectivity index (χ2v) is 11.6. The monoisotopic (exact) mass is 706 g/mol. The smallest absolute Gasteiger partial charge is 0.335 e. The summed E-state index contributed by atoms with van der Waals surface area (Å²) in [6.07, 6.45) is -32.9. The molecule has 278 valence electrons. The molecule has 0 bridgehead atoms. The molecule has 0 aromatic carbocycles. The van der Waals surface area contributed by atoms with E-state index in [1.165, 1.54) is 0 Å². The van der Waals surface area contributed by atoms with E-state index in [1.807, 2.05) is 0 Å². The molecule has 4 aliphatic rings. The van der Waals surface area contributed by atoms with Crippen molar-refractivity contribution in [2.24, 2.45) is 11.5 Å². The van der Waals surface area contributed by atoms with Gasteiger partial charge in [0.2, 0.25) is 0 Å². The zero-order valence-electron chi connectivity index (χ0n) is 25.1. The number of aliphatic hydroxyl groups excluding tert-OH is 9. The molecular formula is C25H42N2O21. The van der Waals surface area contributed by atoms with Gasteiger partial charge in [0.1, 0.15) is 73.2 Å². The molecule has 4 saturated heterocycles. The van der Waals surface area contributed by atoms with Crippen molar-refractivity contribution in [1.82, 2.24) is 0 Å². The fourth-order valence-electron chi connectivity index (χ4n) is 5.75. The van der Waals surface area contributed by atoms with Crippen molar-refractivity contribution >= 4 is 11.9 Å². The van der Waals surface area contributed by atoms with Crippen molar-refractivity contribution in [3.05, 3.63) is 0 Å². The molecule has 0 aromatic rings. The van der Waals surface area contributed by atoms with Gasteiger partial charge in [-0.1, -0.05) is 0 Å². The Morgan fingerprint density at radius 2 is 0.958 bits per heavy atom. The van der Waals surface area contributed by atoms with Crippen LogP contribution >= 0.6 is 0 Å². The average molecular weight is 707 g/mol. The van der Waals surface area contributed by atoms with E-state index in [9.17, 15) is 65.8 Å². The lowest BCUT2D eigenvalue weighted by atomic mass is 9.94. The molecule has 4 fully saturated rings. The summed E-state index contributed by atoms with van der Waals surface area (Å²) >= 11 is 0. The fraction of sp³-hybridized carbons (Fsp3) is 0.920. The van der Waals surface area contributed by atoms with Gasteiger partial charge < -0.3 is 106 Å². The number of carboxylic acids is 2. The second-order valence-electron chi connectivity index (χ2n) is 11.6. The van der Waals surface area contributed by atoms with Gasteiger partial charge in [0, 0.05) is 7.11 Å². The largest absolute Gasteiger partial charge is 0.479 e.